The highest BCUT2D eigenvalue weighted by molar-refractivity contribution is 6.35. The number of morpholine rings is 1. The van der Waals surface area contributed by atoms with Crippen molar-refractivity contribution < 1.29 is 9.53 Å². The van der Waals surface area contributed by atoms with Crippen molar-refractivity contribution in [1.82, 2.24) is 0 Å². The number of rotatable bonds is 3. The predicted octanol–water partition coefficient (Wildman–Crippen LogP) is 2.74. The van der Waals surface area contributed by atoms with E-state index in [4.69, 9.17) is 27.9 Å². The summed E-state index contributed by atoms with van der Waals surface area (Å²) < 4.78 is 5.32. The number of carbonyl (C=O) groups is 1. The first kappa shape index (κ1) is 14.4. The average molecular weight is 303 g/mol. The number of benzene rings is 1. The third-order valence-corrected chi connectivity index (χ3v) is 3.47. The Bertz CT molecular complexity index is 460. The van der Waals surface area contributed by atoms with E-state index in [2.05, 4.69) is 10.2 Å². The topological polar surface area (TPSA) is 41.6 Å². The zero-order valence-corrected chi connectivity index (χ0v) is 12.2. The smallest absolute Gasteiger partial charge is 0.242 e. The molecule has 1 aliphatic heterocycles. The summed E-state index contributed by atoms with van der Waals surface area (Å²) in [5.41, 5.74) is 1.60. The van der Waals surface area contributed by atoms with Crippen LogP contribution in [0.25, 0.3) is 0 Å². The molecule has 6 heteroatoms. The highest BCUT2D eigenvalue weighted by atomic mass is 35.5. The zero-order chi connectivity index (χ0) is 13.8. The summed E-state index contributed by atoms with van der Waals surface area (Å²) in [5.74, 6) is -0.261. The molecule has 0 aliphatic carbocycles. The van der Waals surface area contributed by atoms with Crippen molar-refractivity contribution in [3.8, 4) is 0 Å². The maximum atomic E-state index is 11.6. The standard InChI is InChI=1S/C13H16Cl2N2O2/c1-9(14)13(18)16-12-8-10(2-3-11(12)15)17-4-6-19-7-5-17/h2-3,8-9H,4-7H2,1H3,(H,16,18). The van der Waals surface area contributed by atoms with Crippen molar-refractivity contribution in [2.45, 2.75) is 12.3 Å². The van der Waals surface area contributed by atoms with Gasteiger partial charge in [0.1, 0.15) is 5.38 Å². The van der Waals surface area contributed by atoms with Gasteiger partial charge < -0.3 is 15.0 Å². The van der Waals surface area contributed by atoms with Crippen molar-refractivity contribution in [3.05, 3.63) is 23.2 Å². The Labute approximate surface area is 122 Å². The van der Waals surface area contributed by atoms with Gasteiger partial charge in [-0.25, -0.2) is 0 Å². The van der Waals surface area contributed by atoms with E-state index in [1.54, 1.807) is 13.0 Å². The maximum absolute atomic E-state index is 11.6. The van der Waals surface area contributed by atoms with Gasteiger partial charge in [-0.15, -0.1) is 11.6 Å². The molecule has 19 heavy (non-hydrogen) atoms. The fraction of sp³-hybridized carbons (Fsp3) is 0.462. The number of halogens is 2. The molecule has 0 spiro atoms. The minimum Gasteiger partial charge on any atom is -0.378 e. The van der Waals surface area contributed by atoms with Gasteiger partial charge >= 0.3 is 0 Å². The first-order chi connectivity index (χ1) is 9.08. The van der Waals surface area contributed by atoms with E-state index in [1.165, 1.54) is 0 Å². The molecule has 1 aromatic rings. The fourth-order valence-corrected chi connectivity index (χ4v) is 2.08. The number of ether oxygens (including phenoxy) is 1. The largest absolute Gasteiger partial charge is 0.378 e. The number of carbonyl (C=O) groups excluding carboxylic acids is 1. The van der Waals surface area contributed by atoms with Crippen LogP contribution < -0.4 is 10.2 Å². The molecule has 0 radical (unpaired) electrons. The van der Waals surface area contributed by atoms with Gasteiger partial charge in [0.15, 0.2) is 0 Å². The van der Waals surface area contributed by atoms with Crippen LogP contribution >= 0.6 is 23.2 Å². The average Bonchev–Trinajstić information content (AvgIpc) is 2.42. The molecule has 0 aromatic heterocycles. The molecule has 1 heterocycles. The monoisotopic (exact) mass is 302 g/mol. The second-order valence-electron chi connectivity index (χ2n) is 4.37. The molecule has 1 atom stereocenters. The molecule has 1 unspecified atom stereocenters. The summed E-state index contributed by atoms with van der Waals surface area (Å²) in [6.07, 6.45) is 0. The van der Waals surface area contributed by atoms with Gasteiger partial charge in [0.05, 0.1) is 23.9 Å². The lowest BCUT2D eigenvalue weighted by Gasteiger charge is -2.29. The quantitative estimate of drug-likeness (QED) is 0.873. The number of anilines is 2. The minimum atomic E-state index is -0.594. The van der Waals surface area contributed by atoms with E-state index in [0.29, 0.717) is 23.9 Å². The summed E-state index contributed by atoms with van der Waals surface area (Å²) in [4.78, 5) is 13.8. The highest BCUT2D eigenvalue weighted by Crippen LogP contribution is 2.28. The predicted molar refractivity (Wildman–Crippen MR) is 78.4 cm³/mol. The molecule has 4 nitrogen and oxygen atoms in total. The Morgan fingerprint density at radius 1 is 1.42 bits per heavy atom. The van der Waals surface area contributed by atoms with Crippen LogP contribution in [0, 0.1) is 0 Å². The van der Waals surface area contributed by atoms with Crippen molar-refractivity contribution in [2.75, 3.05) is 36.5 Å². The van der Waals surface area contributed by atoms with Crippen molar-refractivity contribution in [1.29, 1.82) is 0 Å². The third kappa shape index (κ3) is 3.75. The van der Waals surface area contributed by atoms with E-state index < -0.39 is 5.38 Å². The number of nitrogens with one attached hydrogen (secondary N) is 1. The van der Waals surface area contributed by atoms with E-state index in [-0.39, 0.29) is 5.91 Å². The van der Waals surface area contributed by atoms with Crippen LogP contribution in [0.5, 0.6) is 0 Å². The molecule has 1 aliphatic rings. The van der Waals surface area contributed by atoms with Gasteiger partial charge in [0, 0.05) is 18.8 Å². The second kappa shape index (κ2) is 6.46. The van der Waals surface area contributed by atoms with Crippen molar-refractivity contribution in [2.24, 2.45) is 0 Å². The summed E-state index contributed by atoms with van der Waals surface area (Å²) >= 11 is 11.8. The molecule has 1 N–H and O–H groups in total. The van der Waals surface area contributed by atoms with Crippen molar-refractivity contribution in [3.63, 3.8) is 0 Å². The Balaban J connectivity index is 2.16. The Morgan fingerprint density at radius 2 is 2.11 bits per heavy atom. The number of nitrogens with zero attached hydrogens (tertiary/aromatic N) is 1. The van der Waals surface area contributed by atoms with Gasteiger partial charge in [-0.1, -0.05) is 11.6 Å². The minimum absolute atomic E-state index is 0.261. The number of hydrogen-bond donors (Lipinski definition) is 1. The SMILES string of the molecule is CC(Cl)C(=O)Nc1cc(N2CCOCC2)ccc1Cl. The summed E-state index contributed by atoms with van der Waals surface area (Å²) in [7, 11) is 0. The molecule has 1 amide bonds. The molecule has 0 bridgehead atoms. The Morgan fingerprint density at radius 3 is 2.74 bits per heavy atom. The van der Waals surface area contributed by atoms with Crippen LogP contribution in [0.4, 0.5) is 11.4 Å². The van der Waals surface area contributed by atoms with Crippen molar-refractivity contribution >= 4 is 40.5 Å². The van der Waals surface area contributed by atoms with Crippen LogP contribution in [-0.4, -0.2) is 37.6 Å². The van der Waals surface area contributed by atoms with Crippen LogP contribution in [0.1, 0.15) is 6.92 Å². The normalized spacial score (nSPS) is 17.1. The first-order valence-corrected chi connectivity index (χ1v) is 6.96. The second-order valence-corrected chi connectivity index (χ2v) is 5.43. The van der Waals surface area contributed by atoms with E-state index in [0.717, 1.165) is 18.8 Å². The number of alkyl halides is 1. The third-order valence-electron chi connectivity index (χ3n) is 2.95. The molecule has 1 fully saturated rings. The van der Waals surface area contributed by atoms with Gasteiger partial charge in [-0.2, -0.15) is 0 Å². The Hall–Kier alpha value is -0.970. The molecule has 0 saturated carbocycles. The van der Waals surface area contributed by atoms with E-state index in [1.807, 2.05) is 12.1 Å². The fourth-order valence-electron chi connectivity index (χ4n) is 1.86. The lowest BCUT2D eigenvalue weighted by Crippen LogP contribution is -2.36. The van der Waals surface area contributed by atoms with Crippen LogP contribution in [0.15, 0.2) is 18.2 Å². The Kier molecular flexibility index (Phi) is 4.91. The summed E-state index contributed by atoms with van der Waals surface area (Å²) in [5, 5.41) is 2.64. The molecule has 1 aromatic carbocycles. The molecule has 1 saturated heterocycles. The van der Waals surface area contributed by atoms with E-state index >= 15 is 0 Å². The maximum Gasteiger partial charge on any atom is 0.242 e. The zero-order valence-electron chi connectivity index (χ0n) is 10.7. The number of hydrogen-bond acceptors (Lipinski definition) is 3. The number of amides is 1. The molecule has 2 rings (SSSR count). The van der Waals surface area contributed by atoms with Gasteiger partial charge in [0.2, 0.25) is 5.91 Å². The van der Waals surface area contributed by atoms with Gasteiger partial charge in [0.25, 0.3) is 0 Å². The van der Waals surface area contributed by atoms with E-state index in [9.17, 15) is 4.79 Å². The van der Waals surface area contributed by atoms with Gasteiger partial charge in [-0.05, 0) is 25.1 Å². The molecule has 104 valence electrons. The molecular formula is C13H16Cl2N2O2. The summed E-state index contributed by atoms with van der Waals surface area (Å²) in [6, 6.07) is 5.58. The molecular weight excluding hydrogens is 287 g/mol. The first-order valence-electron chi connectivity index (χ1n) is 6.15. The van der Waals surface area contributed by atoms with Crippen LogP contribution in [0.2, 0.25) is 5.02 Å². The lowest BCUT2D eigenvalue weighted by atomic mass is 10.2. The highest BCUT2D eigenvalue weighted by Gasteiger charge is 2.15. The lowest BCUT2D eigenvalue weighted by molar-refractivity contribution is -0.115. The van der Waals surface area contributed by atoms with Crippen LogP contribution in [0.3, 0.4) is 0 Å². The summed E-state index contributed by atoms with van der Waals surface area (Å²) in [6.45, 7) is 4.71. The van der Waals surface area contributed by atoms with Gasteiger partial charge in [-0.3, -0.25) is 4.79 Å². The van der Waals surface area contributed by atoms with Crippen LogP contribution in [-0.2, 0) is 9.53 Å².